The molecule has 0 saturated carbocycles. The summed E-state index contributed by atoms with van der Waals surface area (Å²) in [6.45, 7) is 5.35. The summed E-state index contributed by atoms with van der Waals surface area (Å²) in [5, 5.41) is 9.00. The number of carbonyl (C=O) groups is 1. The molecule has 0 amide bonds. The summed E-state index contributed by atoms with van der Waals surface area (Å²) in [4.78, 5) is 17.7. The van der Waals surface area contributed by atoms with Crippen LogP contribution in [0.15, 0.2) is 22.6 Å². The number of nitrogens with zero attached hydrogens (tertiary/aromatic N) is 2. The van der Waals surface area contributed by atoms with Gasteiger partial charge in [0, 0.05) is 12.6 Å². The van der Waals surface area contributed by atoms with Gasteiger partial charge in [0.25, 0.3) is 6.01 Å². The van der Waals surface area contributed by atoms with Crippen LogP contribution in [-0.4, -0.2) is 28.6 Å². The standard InChI is InChI=1S/C15H18N2O3/c1-9(2)12-4-3-7-17(12)15-16-11-6-5-10(14(18)19)8-13(11)20-15/h5-6,8-9,12H,3-4,7H2,1-2H3,(H,18,19). The lowest BCUT2D eigenvalue weighted by molar-refractivity contribution is 0.0697. The first-order valence-corrected chi connectivity index (χ1v) is 6.97. The molecule has 1 fully saturated rings. The fourth-order valence-corrected chi connectivity index (χ4v) is 2.89. The molecule has 1 aromatic carbocycles. The first-order valence-electron chi connectivity index (χ1n) is 6.97. The molecule has 1 aromatic heterocycles. The van der Waals surface area contributed by atoms with Crippen LogP contribution in [0.1, 0.15) is 37.0 Å². The van der Waals surface area contributed by atoms with Gasteiger partial charge in [-0.05, 0) is 37.0 Å². The third-order valence-electron chi connectivity index (χ3n) is 3.94. The molecular weight excluding hydrogens is 256 g/mol. The maximum atomic E-state index is 11.0. The molecule has 1 saturated heterocycles. The molecule has 2 heterocycles. The molecule has 0 radical (unpaired) electrons. The van der Waals surface area contributed by atoms with Gasteiger partial charge >= 0.3 is 5.97 Å². The molecular formula is C15H18N2O3. The van der Waals surface area contributed by atoms with Crippen molar-refractivity contribution in [2.24, 2.45) is 5.92 Å². The van der Waals surface area contributed by atoms with Gasteiger partial charge in [-0.15, -0.1) is 0 Å². The molecule has 5 heteroatoms. The maximum absolute atomic E-state index is 11.0. The Labute approximate surface area is 117 Å². The van der Waals surface area contributed by atoms with Crippen LogP contribution in [0.3, 0.4) is 0 Å². The van der Waals surface area contributed by atoms with Gasteiger partial charge in [-0.25, -0.2) is 4.79 Å². The van der Waals surface area contributed by atoms with Gasteiger partial charge in [0.1, 0.15) is 5.52 Å². The Balaban J connectivity index is 1.98. The molecule has 5 nitrogen and oxygen atoms in total. The van der Waals surface area contributed by atoms with E-state index in [9.17, 15) is 4.79 Å². The number of fused-ring (bicyclic) bond motifs is 1. The number of hydrogen-bond donors (Lipinski definition) is 1. The molecule has 106 valence electrons. The van der Waals surface area contributed by atoms with Gasteiger partial charge < -0.3 is 14.4 Å². The number of carboxylic acid groups (broad SMARTS) is 1. The number of hydrogen-bond acceptors (Lipinski definition) is 4. The minimum absolute atomic E-state index is 0.224. The molecule has 2 aromatic rings. The van der Waals surface area contributed by atoms with E-state index in [1.165, 1.54) is 6.07 Å². The third kappa shape index (κ3) is 2.13. The van der Waals surface area contributed by atoms with Crippen LogP contribution in [-0.2, 0) is 0 Å². The normalized spacial score (nSPS) is 19.1. The summed E-state index contributed by atoms with van der Waals surface area (Å²) in [5.41, 5.74) is 1.47. The van der Waals surface area contributed by atoms with Gasteiger partial charge in [-0.3, -0.25) is 0 Å². The lowest BCUT2D eigenvalue weighted by atomic mass is 10.0. The molecule has 3 rings (SSSR count). The topological polar surface area (TPSA) is 66.6 Å². The molecule has 20 heavy (non-hydrogen) atoms. The number of benzene rings is 1. The average molecular weight is 274 g/mol. The summed E-state index contributed by atoms with van der Waals surface area (Å²) in [6, 6.07) is 5.85. The minimum Gasteiger partial charge on any atom is -0.478 e. The highest BCUT2D eigenvalue weighted by Gasteiger charge is 2.30. The Morgan fingerprint density at radius 2 is 2.30 bits per heavy atom. The van der Waals surface area contributed by atoms with Crippen molar-refractivity contribution < 1.29 is 14.3 Å². The monoisotopic (exact) mass is 274 g/mol. The lowest BCUT2D eigenvalue weighted by Gasteiger charge is -2.25. The Morgan fingerprint density at radius 1 is 1.50 bits per heavy atom. The first kappa shape index (κ1) is 13.0. The summed E-state index contributed by atoms with van der Waals surface area (Å²) in [5.74, 6) is -0.409. The number of anilines is 1. The fraction of sp³-hybridized carbons (Fsp3) is 0.467. The van der Waals surface area contributed by atoms with E-state index in [-0.39, 0.29) is 5.56 Å². The van der Waals surface area contributed by atoms with Crippen LogP contribution < -0.4 is 4.90 Å². The van der Waals surface area contributed by atoms with Gasteiger partial charge in [0.15, 0.2) is 5.58 Å². The summed E-state index contributed by atoms with van der Waals surface area (Å²) < 4.78 is 5.77. The summed E-state index contributed by atoms with van der Waals surface area (Å²) >= 11 is 0. The number of rotatable bonds is 3. The summed E-state index contributed by atoms with van der Waals surface area (Å²) in [6.07, 6.45) is 2.29. The van der Waals surface area contributed by atoms with E-state index in [0.717, 1.165) is 19.4 Å². The minimum atomic E-state index is -0.953. The van der Waals surface area contributed by atoms with Crippen LogP contribution >= 0.6 is 0 Å². The van der Waals surface area contributed by atoms with Crippen molar-refractivity contribution in [1.82, 2.24) is 4.98 Å². The average Bonchev–Trinajstić information content (AvgIpc) is 3.03. The SMILES string of the molecule is CC(C)C1CCCN1c1nc2ccc(C(=O)O)cc2o1. The number of aromatic nitrogens is 1. The number of aromatic carboxylic acids is 1. The predicted molar refractivity (Wildman–Crippen MR) is 76.2 cm³/mol. The molecule has 1 N–H and O–H groups in total. The Kier molecular flexibility index (Phi) is 3.12. The van der Waals surface area contributed by atoms with Crippen molar-refractivity contribution >= 4 is 23.1 Å². The van der Waals surface area contributed by atoms with Gasteiger partial charge in [-0.1, -0.05) is 13.8 Å². The molecule has 0 aliphatic carbocycles. The third-order valence-corrected chi connectivity index (χ3v) is 3.94. The largest absolute Gasteiger partial charge is 0.478 e. The quantitative estimate of drug-likeness (QED) is 0.931. The molecule has 0 spiro atoms. The van der Waals surface area contributed by atoms with Crippen LogP contribution in [0.2, 0.25) is 0 Å². The van der Waals surface area contributed by atoms with Gasteiger partial charge in [0.05, 0.1) is 5.56 Å². The van der Waals surface area contributed by atoms with Crippen LogP contribution in [0.25, 0.3) is 11.1 Å². The second-order valence-electron chi connectivity index (χ2n) is 5.63. The van der Waals surface area contributed by atoms with Crippen molar-refractivity contribution in [2.75, 3.05) is 11.4 Å². The van der Waals surface area contributed by atoms with Crippen LogP contribution in [0.5, 0.6) is 0 Å². The van der Waals surface area contributed by atoms with Crippen LogP contribution in [0.4, 0.5) is 6.01 Å². The molecule has 1 aliphatic heterocycles. The van der Waals surface area contributed by atoms with Gasteiger partial charge in [0.2, 0.25) is 0 Å². The van der Waals surface area contributed by atoms with Crippen LogP contribution in [0, 0.1) is 5.92 Å². The Hall–Kier alpha value is -2.04. The number of carboxylic acids is 1. The zero-order valence-corrected chi connectivity index (χ0v) is 11.7. The van der Waals surface area contributed by atoms with Crippen molar-refractivity contribution in [3.63, 3.8) is 0 Å². The molecule has 1 aliphatic rings. The first-order chi connectivity index (χ1) is 9.56. The molecule has 1 atom stereocenters. The van der Waals surface area contributed by atoms with E-state index in [1.807, 2.05) is 0 Å². The second kappa shape index (κ2) is 4.81. The van der Waals surface area contributed by atoms with Crippen molar-refractivity contribution in [3.05, 3.63) is 23.8 Å². The van der Waals surface area contributed by atoms with E-state index in [1.54, 1.807) is 12.1 Å². The highest BCUT2D eigenvalue weighted by Crippen LogP contribution is 2.31. The van der Waals surface area contributed by atoms with E-state index in [4.69, 9.17) is 9.52 Å². The highest BCUT2D eigenvalue weighted by molar-refractivity contribution is 5.92. The van der Waals surface area contributed by atoms with E-state index in [0.29, 0.717) is 29.1 Å². The Morgan fingerprint density at radius 3 is 3.00 bits per heavy atom. The zero-order chi connectivity index (χ0) is 14.3. The molecule has 1 unspecified atom stereocenters. The maximum Gasteiger partial charge on any atom is 0.335 e. The fourth-order valence-electron chi connectivity index (χ4n) is 2.89. The van der Waals surface area contributed by atoms with Crippen molar-refractivity contribution in [1.29, 1.82) is 0 Å². The molecule has 0 bridgehead atoms. The van der Waals surface area contributed by atoms with Crippen molar-refractivity contribution in [2.45, 2.75) is 32.7 Å². The second-order valence-corrected chi connectivity index (χ2v) is 5.63. The van der Waals surface area contributed by atoms with E-state index in [2.05, 4.69) is 23.7 Å². The van der Waals surface area contributed by atoms with Crippen molar-refractivity contribution in [3.8, 4) is 0 Å². The smallest absolute Gasteiger partial charge is 0.335 e. The lowest BCUT2D eigenvalue weighted by Crippen LogP contribution is -2.33. The summed E-state index contributed by atoms with van der Waals surface area (Å²) in [7, 11) is 0. The zero-order valence-electron chi connectivity index (χ0n) is 11.7. The predicted octanol–water partition coefficient (Wildman–Crippen LogP) is 3.15. The van der Waals surface area contributed by atoms with Gasteiger partial charge in [-0.2, -0.15) is 4.98 Å². The number of oxazole rings is 1. The van der Waals surface area contributed by atoms with E-state index >= 15 is 0 Å². The highest BCUT2D eigenvalue weighted by atomic mass is 16.4. The van der Waals surface area contributed by atoms with E-state index < -0.39 is 5.97 Å². The Bertz CT molecular complexity index is 648.